The normalized spacial score (nSPS) is 37.9. The van der Waals surface area contributed by atoms with Crippen LogP contribution in [0.25, 0.3) is 0 Å². The first kappa shape index (κ1) is 44.3. The average Bonchev–Trinajstić information content (AvgIpc) is 3.18. The number of hydrogen-bond acceptors (Lipinski definition) is 18. The first-order valence-corrected chi connectivity index (χ1v) is 20.3. The number of esters is 1. The van der Waals surface area contributed by atoms with Gasteiger partial charge in [0.1, 0.15) is 41.5 Å². The van der Waals surface area contributed by atoms with Crippen LogP contribution in [-0.4, -0.2) is 159 Å². The Kier molecular flexibility index (Phi) is 12.4. The SMILES string of the molecule is CC[C@]1(O)C[C@H](O[C@@H]2C[C@H](N(C)C)[C@H](O[C@@H]3C[C@H](O)[C@H](O[C@@H]4C[C@H](O)[C@H](O)[C@H](C)O4)[C@H](C)O3)[C@H](C)O2)c2c(cc3c(c2O)C(=O)c2c(O)ccc(O)c2C3=O)[C@H]1C(=O)OC. The van der Waals surface area contributed by atoms with Gasteiger partial charge in [0.2, 0.25) is 5.78 Å². The molecule has 0 bridgehead atoms. The third-order valence-corrected chi connectivity index (χ3v) is 12.8. The number of nitrogens with zero attached hydrogens (tertiary/aromatic N) is 1. The van der Waals surface area contributed by atoms with Crippen LogP contribution >= 0.6 is 0 Å². The predicted octanol–water partition coefficient (Wildman–Crippen LogP) is 1.63. The fourth-order valence-electron chi connectivity index (χ4n) is 9.51. The monoisotopic (exact) mass is 845 g/mol. The molecule has 0 amide bonds. The molecule has 0 unspecified atom stereocenters. The maximum absolute atomic E-state index is 14.0. The van der Waals surface area contributed by atoms with E-state index in [2.05, 4.69) is 0 Å². The van der Waals surface area contributed by atoms with Gasteiger partial charge in [0.05, 0.1) is 66.0 Å². The molecule has 15 atom stereocenters. The molecule has 0 radical (unpaired) electrons. The lowest BCUT2D eigenvalue weighted by Gasteiger charge is -2.48. The first-order valence-electron chi connectivity index (χ1n) is 20.3. The zero-order chi connectivity index (χ0) is 43.7. The summed E-state index contributed by atoms with van der Waals surface area (Å²) in [6, 6.07) is 2.97. The van der Waals surface area contributed by atoms with Crippen molar-refractivity contribution in [3.8, 4) is 17.2 Å². The van der Waals surface area contributed by atoms with Gasteiger partial charge < -0.3 is 73.8 Å². The number of rotatable bonds is 9. The molecular formula is C42H55NO17. The van der Waals surface area contributed by atoms with Gasteiger partial charge in [-0.15, -0.1) is 0 Å². The van der Waals surface area contributed by atoms with Gasteiger partial charge in [-0.25, -0.2) is 0 Å². The van der Waals surface area contributed by atoms with E-state index in [0.717, 1.165) is 19.2 Å². The minimum Gasteiger partial charge on any atom is -0.507 e. The zero-order valence-electron chi connectivity index (χ0n) is 34.5. The minimum absolute atomic E-state index is 0.0140. The molecule has 2 aromatic carbocycles. The number of benzene rings is 2. The van der Waals surface area contributed by atoms with E-state index in [0.29, 0.717) is 0 Å². The van der Waals surface area contributed by atoms with E-state index >= 15 is 0 Å². The molecule has 2 aliphatic carbocycles. The Morgan fingerprint density at radius 1 is 0.800 bits per heavy atom. The van der Waals surface area contributed by atoms with Crippen molar-refractivity contribution in [1.29, 1.82) is 0 Å². The smallest absolute Gasteiger partial charge is 0.316 e. The van der Waals surface area contributed by atoms with Gasteiger partial charge in [-0.1, -0.05) is 6.92 Å². The van der Waals surface area contributed by atoms with Gasteiger partial charge in [0, 0.05) is 42.9 Å². The van der Waals surface area contributed by atoms with E-state index < -0.39 is 137 Å². The summed E-state index contributed by atoms with van der Waals surface area (Å²) in [4.78, 5) is 43.2. The van der Waals surface area contributed by atoms with Crippen molar-refractivity contribution in [2.75, 3.05) is 21.2 Å². The van der Waals surface area contributed by atoms with E-state index in [9.17, 15) is 50.1 Å². The molecule has 5 aliphatic rings. The second-order valence-corrected chi connectivity index (χ2v) is 16.8. The van der Waals surface area contributed by atoms with Crippen LogP contribution in [0.5, 0.6) is 17.2 Å². The van der Waals surface area contributed by atoms with E-state index in [1.165, 1.54) is 6.07 Å². The number of carbonyl (C=O) groups excluding carboxylic acids is 3. The van der Waals surface area contributed by atoms with Crippen molar-refractivity contribution in [1.82, 2.24) is 4.90 Å². The summed E-state index contributed by atoms with van der Waals surface area (Å²) in [6.45, 7) is 6.77. The molecule has 18 nitrogen and oxygen atoms in total. The van der Waals surface area contributed by atoms with Gasteiger partial charge in [-0.2, -0.15) is 0 Å². The molecule has 60 heavy (non-hydrogen) atoms. The van der Waals surface area contributed by atoms with Gasteiger partial charge in [-0.05, 0) is 65.0 Å². The number of aliphatic hydroxyl groups is 4. The summed E-state index contributed by atoms with van der Waals surface area (Å²) in [5, 5.41) is 76.8. The molecule has 0 aromatic heterocycles. The third-order valence-electron chi connectivity index (χ3n) is 12.8. The maximum Gasteiger partial charge on any atom is 0.316 e. The number of aliphatic hydroxyl groups excluding tert-OH is 3. The fourth-order valence-corrected chi connectivity index (χ4v) is 9.51. The summed E-state index contributed by atoms with van der Waals surface area (Å²) in [5.74, 6) is -5.94. The van der Waals surface area contributed by atoms with Crippen molar-refractivity contribution in [3.05, 3.63) is 51.6 Å². The number of hydrogen-bond donors (Lipinski definition) is 7. The molecule has 7 N–H and O–H groups in total. The molecule has 3 heterocycles. The first-order chi connectivity index (χ1) is 28.3. The standard InChI is InChI=1S/C42H55NO17/c1-8-42(53)15-26(30-19(34(42)41(52)54-7)11-20-31(37(30)50)38(51)33-23(45)10-9-22(44)32(33)36(20)49)58-27-12-21(43(5)6)39(17(3)56-27)59-29-14-25(47)40(18(4)57-29)60-28-13-24(46)35(48)16(2)55-28/h9-11,16-18,21,24-29,34-35,39-40,44-48,50,53H,8,12-15H2,1-7H3/t16-,17-,18-,21-,24-,25-,26-,27+,28+,29+,34-,35+,39+,40+,42-/m0/s1. The van der Waals surface area contributed by atoms with Gasteiger partial charge in [-0.3, -0.25) is 14.4 Å². The Morgan fingerprint density at radius 3 is 1.92 bits per heavy atom. The number of carbonyl (C=O) groups is 3. The molecule has 18 heteroatoms. The average molecular weight is 846 g/mol. The van der Waals surface area contributed by atoms with Crippen LogP contribution in [0.2, 0.25) is 0 Å². The largest absolute Gasteiger partial charge is 0.507 e. The highest BCUT2D eigenvalue weighted by Crippen LogP contribution is 2.54. The number of phenols is 3. The third kappa shape index (κ3) is 7.70. The fraction of sp³-hybridized carbons (Fsp3) is 0.643. The molecule has 3 saturated heterocycles. The molecule has 0 spiro atoms. The van der Waals surface area contributed by atoms with Crippen molar-refractivity contribution >= 4 is 17.5 Å². The molecule has 3 fully saturated rings. The highest BCUT2D eigenvalue weighted by molar-refractivity contribution is 6.31. The summed E-state index contributed by atoms with van der Waals surface area (Å²) in [5.41, 5.74) is -3.64. The quantitative estimate of drug-likeness (QED) is 0.119. The summed E-state index contributed by atoms with van der Waals surface area (Å²) >= 11 is 0. The Morgan fingerprint density at radius 2 is 1.35 bits per heavy atom. The van der Waals surface area contributed by atoms with Crippen LogP contribution in [0.4, 0.5) is 0 Å². The zero-order valence-corrected chi connectivity index (χ0v) is 34.5. The van der Waals surface area contributed by atoms with Crippen LogP contribution in [0.3, 0.4) is 0 Å². The van der Waals surface area contributed by atoms with Gasteiger partial charge in [0.25, 0.3) is 0 Å². The number of fused-ring (bicyclic) bond motifs is 3. The predicted molar refractivity (Wildman–Crippen MR) is 205 cm³/mol. The van der Waals surface area contributed by atoms with Crippen LogP contribution < -0.4 is 0 Å². The second kappa shape index (κ2) is 16.8. The lowest BCUT2D eigenvalue weighted by atomic mass is 9.67. The molecule has 330 valence electrons. The number of methoxy groups -OCH3 is 1. The summed E-state index contributed by atoms with van der Waals surface area (Å²) < 4.78 is 42.5. The number of likely N-dealkylation sites (N-methyl/N-ethyl adjacent to an activating group) is 1. The lowest BCUT2D eigenvalue weighted by Crippen LogP contribution is -2.58. The number of aromatic hydroxyl groups is 3. The van der Waals surface area contributed by atoms with Crippen LogP contribution in [0.1, 0.15) is 115 Å². The van der Waals surface area contributed by atoms with Crippen molar-refractivity contribution < 1.29 is 83.3 Å². The van der Waals surface area contributed by atoms with E-state index in [1.807, 2.05) is 19.0 Å². The van der Waals surface area contributed by atoms with Crippen molar-refractivity contribution in [2.45, 2.75) is 151 Å². The Hall–Kier alpha value is -3.79. The van der Waals surface area contributed by atoms with Crippen molar-refractivity contribution in [2.24, 2.45) is 0 Å². The van der Waals surface area contributed by atoms with Gasteiger partial charge in [0.15, 0.2) is 24.7 Å². The second-order valence-electron chi connectivity index (χ2n) is 16.8. The number of ketones is 2. The molecule has 3 aliphatic heterocycles. The maximum atomic E-state index is 14.0. The Balaban J connectivity index is 1.14. The molecule has 7 rings (SSSR count). The van der Waals surface area contributed by atoms with Crippen molar-refractivity contribution in [3.63, 3.8) is 0 Å². The van der Waals surface area contributed by atoms with Crippen LogP contribution in [0, 0.1) is 0 Å². The topological polar surface area (TPSA) is 261 Å². The van der Waals surface area contributed by atoms with E-state index in [1.54, 1.807) is 27.7 Å². The lowest BCUT2D eigenvalue weighted by molar-refractivity contribution is -0.332. The van der Waals surface area contributed by atoms with E-state index in [4.69, 9.17) is 33.2 Å². The highest BCUT2D eigenvalue weighted by Gasteiger charge is 2.54. The number of ether oxygens (including phenoxy) is 7. The molecular weight excluding hydrogens is 790 g/mol. The Labute approximate surface area is 346 Å². The van der Waals surface area contributed by atoms with Crippen LogP contribution in [0.15, 0.2) is 18.2 Å². The molecule has 0 saturated carbocycles. The number of phenolic OH excluding ortho intramolecular Hbond substituents is 3. The summed E-state index contributed by atoms with van der Waals surface area (Å²) in [7, 11) is 4.82. The highest BCUT2D eigenvalue weighted by atomic mass is 16.7. The van der Waals surface area contributed by atoms with Gasteiger partial charge >= 0.3 is 5.97 Å². The van der Waals surface area contributed by atoms with Crippen LogP contribution in [-0.2, 0) is 38.0 Å². The Bertz CT molecular complexity index is 1970. The van der Waals surface area contributed by atoms with E-state index in [-0.39, 0.29) is 54.8 Å². The minimum atomic E-state index is -1.82. The molecule has 2 aromatic rings. The summed E-state index contributed by atoms with van der Waals surface area (Å²) in [6.07, 6.45) is -10.5.